The first kappa shape index (κ1) is 15.5. The van der Waals surface area contributed by atoms with Gasteiger partial charge in [-0.25, -0.2) is 9.97 Å². The molecule has 0 aliphatic carbocycles. The molecule has 0 bridgehead atoms. The van der Waals surface area contributed by atoms with Crippen LogP contribution in [-0.2, 0) is 11.3 Å². The summed E-state index contributed by atoms with van der Waals surface area (Å²) in [6.07, 6.45) is 3.92. The Bertz CT molecular complexity index is 651. The number of carbonyl (C=O) groups is 1. The van der Waals surface area contributed by atoms with E-state index in [1.54, 1.807) is 31.4 Å². The average Bonchev–Trinajstić information content (AvgIpc) is 3.23. The molecular weight excluding hydrogens is 296 g/mol. The Labute approximate surface area is 134 Å². The van der Waals surface area contributed by atoms with Crippen LogP contribution in [0, 0.1) is 6.92 Å². The molecule has 23 heavy (non-hydrogen) atoms. The molecule has 0 radical (unpaired) electrons. The van der Waals surface area contributed by atoms with Gasteiger partial charge in [-0.2, -0.15) is 0 Å². The molecule has 1 atom stereocenters. The SMILES string of the molecule is Cc1nc(NCC2CCCO2)cc(C(=O)NCc2ccco2)n1. The lowest BCUT2D eigenvalue weighted by Crippen LogP contribution is -2.25. The van der Waals surface area contributed by atoms with E-state index in [0.717, 1.165) is 19.4 Å². The number of aromatic nitrogens is 2. The number of hydrogen-bond donors (Lipinski definition) is 2. The zero-order valence-electron chi connectivity index (χ0n) is 13.0. The molecule has 2 aromatic rings. The van der Waals surface area contributed by atoms with Crippen molar-refractivity contribution in [2.75, 3.05) is 18.5 Å². The Morgan fingerprint density at radius 2 is 2.35 bits per heavy atom. The van der Waals surface area contributed by atoms with E-state index in [4.69, 9.17) is 9.15 Å². The molecule has 1 aliphatic heterocycles. The highest BCUT2D eigenvalue weighted by atomic mass is 16.5. The number of carbonyl (C=O) groups excluding carboxylic acids is 1. The first-order chi connectivity index (χ1) is 11.2. The van der Waals surface area contributed by atoms with Gasteiger partial charge in [-0.05, 0) is 31.9 Å². The molecule has 7 nitrogen and oxygen atoms in total. The van der Waals surface area contributed by atoms with E-state index in [1.807, 2.05) is 0 Å². The van der Waals surface area contributed by atoms with Crippen LogP contribution < -0.4 is 10.6 Å². The number of nitrogens with zero attached hydrogens (tertiary/aromatic N) is 2. The van der Waals surface area contributed by atoms with E-state index < -0.39 is 0 Å². The van der Waals surface area contributed by atoms with Crippen molar-refractivity contribution in [3.05, 3.63) is 41.7 Å². The molecule has 1 fully saturated rings. The lowest BCUT2D eigenvalue weighted by atomic mass is 10.2. The van der Waals surface area contributed by atoms with Crippen molar-refractivity contribution < 1.29 is 13.9 Å². The Hall–Kier alpha value is -2.41. The standard InChI is InChI=1S/C16H20N4O3/c1-11-19-14(16(21)18-10-13-5-3-7-23-13)8-15(20-11)17-9-12-4-2-6-22-12/h3,5,7-8,12H,2,4,6,9-10H2,1H3,(H,18,21)(H,17,19,20). The van der Waals surface area contributed by atoms with Gasteiger partial charge >= 0.3 is 0 Å². The zero-order chi connectivity index (χ0) is 16.1. The number of hydrogen-bond acceptors (Lipinski definition) is 6. The van der Waals surface area contributed by atoms with E-state index >= 15 is 0 Å². The van der Waals surface area contributed by atoms with Crippen LogP contribution in [0.5, 0.6) is 0 Å². The second kappa shape index (κ2) is 7.23. The molecular formula is C16H20N4O3. The predicted molar refractivity (Wildman–Crippen MR) is 84.1 cm³/mol. The van der Waals surface area contributed by atoms with Crippen molar-refractivity contribution in [1.82, 2.24) is 15.3 Å². The molecule has 2 aromatic heterocycles. The monoisotopic (exact) mass is 316 g/mol. The second-order valence-electron chi connectivity index (χ2n) is 5.46. The maximum absolute atomic E-state index is 12.2. The fraction of sp³-hybridized carbons (Fsp3) is 0.438. The van der Waals surface area contributed by atoms with Crippen LogP contribution in [0.25, 0.3) is 0 Å². The van der Waals surface area contributed by atoms with E-state index in [0.29, 0.717) is 36.2 Å². The Morgan fingerprint density at radius 3 is 3.09 bits per heavy atom. The van der Waals surface area contributed by atoms with Crippen LogP contribution in [0.4, 0.5) is 5.82 Å². The van der Waals surface area contributed by atoms with Crippen molar-refractivity contribution in [3.8, 4) is 0 Å². The summed E-state index contributed by atoms with van der Waals surface area (Å²) in [7, 11) is 0. The van der Waals surface area contributed by atoms with Gasteiger partial charge in [0.25, 0.3) is 5.91 Å². The largest absolute Gasteiger partial charge is 0.467 e. The Balaban J connectivity index is 1.60. The minimum absolute atomic E-state index is 0.210. The van der Waals surface area contributed by atoms with Gasteiger partial charge < -0.3 is 19.8 Å². The summed E-state index contributed by atoms with van der Waals surface area (Å²) in [5.74, 6) is 1.62. The number of furan rings is 1. The van der Waals surface area contributed by atoms with Crippen LogP contribution in [0.1, 0.15) is 34.9 Å². The third kappa shape index (κ3) is 4.29. The van der Waals surface area contributed by atoms with Gasteiger partial charge in [0.15, 0.2) is 0 Å². The number of nitrogens with one attached hydrogen (secondary N) is 2. The average molecular weight is 316 g/mol. The molecule has 3 rings (SSSR count). The number of amides is 1. The summed E-state index contributed by atoms with van der Waals surface area (Å²) in [4.78, 5) is 20.7. The Kier molecular flexibility index (Phi) is 4.87. The highest BCUT2D eigenvalue weighted by Gasteiger charge is 2.16. The van der Waals surface area contributed by atoms with Crippen LogP contribution in [0.15, 0.2) is 28.9 Å². The molecule has 0 saturated carbocycles. The van der Waals surface area contributed by atoms with Gasteiger partial charge in [-0.3, -0.25) is 4.79 Å². The molecule has 1 amide bonds. The lowest BCUT2D eigenvalue weighted by Gasteiger charge is -2.12. The molecule has 3 heterocycles. The zero-order valence-corrected chi connectivity index (χ0v) is 13.0. The van der Waals surface area contributed by atoms with Gasteiger partial charge in [0.2, 0.25) is 0 Å². The lowest BCUT2D eigenvalue weighted by molar-refractivity contribution is 0.0942. The molecule has 1 aliphatic rings. The molecule has 2 N–H and O–H groups in total. The summed E-state index contributed by atoms with van der Waals surface area (Å²) in [6, 6.07) is 5.24. The van der Waals surface area contributed by atoms with E-state index in [-0.39, 0.29) is 12.0 Å². The summed E-state index contributed by atoms with van der Waals surface area (Å²) >= 11 is 0. The van der Waals surface area contributed by atoms with E-state index in [9.17, 15) is 4.79 Å². The van der Waals surface area contributed by atoms with Crippen molar-refractivity contribution in [2.24, 2.45) is 0 Å². The third-order valence-corrected chi connectivity index (χ3v) is 3.61. The van der Waals surface area contributed by atoms with Gasteiger partial charge in [0.1, 0.15) is 23.1 Å². The first-order valence-corrected chi connectivity index (χ1v) is 7.72. The van der Waals surface area contributed by atoms with Gasteiger partial charge in [0, 0.05) is 19.2 Å². The van der Waals surface area contributed by atoms with Crippen LogP contribution in [0.3, 0.4) is 0 Å². The van der Waals surface area contributed by atoms with Crippen molar-refractivity contribution in [3.63, 3.8) is 0 Å². The quantitative estimate of drug-likeness (QED) is 0.846. The second-order valence-corrected chi connectivity index (χ2v) is 5.46. The van der Waals surface area contributed by atoms with Crippen molar-refractivity contribution in [2.45, 2.75) is 32.4 Å². The van der Waals surface area contributed by atoms with E-state index in [1.165, 1.54) is 0 Å². The summed E-state index contributed by atoms with van der Waals surface area (Å²) in [5, 5.41) is 6.00. The first-order valence-electron chi connectivity index (χ1n) is 7.72. The number of aryl methyl sites for hydroxylation is 1. The third-order valence-electron chi connectivity index (χ3n) is 3.61. The maximum Gasteiger partial charge on any atom is 0.270 e. The molecule has 122 valence electrons. The van der Waals surface area contributed by atoms with Crippen LogP contribution in [0.2, 0.25) is 0 Å². The molecule has 0 aromatic carbocycles. The van der Waals surface area contributed by atoms with Crippen LogP contribution >= 0.6 is 0 Å². The van der Waals surface area contributed by atoms with Crippen molar-refractivity contribution in [1.29, 1.82) is 0 Å². The highest BCUT2D eigenvalue weighted by molar-refractivity contribution is 5.92. The Morgan fingerprint density at radius 1 is 1.43 bits per heavy atom. The van der Waals surface area contributed by atoms with Gasteiger partial charge in [0.05, 0.1) is 18.9 Å². The van der Waals surface area contributed by atoms with Crippen LogP contribution in [-0.4, -0.2) is 35.1 Å². The predicted octanol–water partition coefficient (Wildman–Crippen LogP) is 1.90. The molecule has 0 spiro atoms. The molecule has 1 unspecified atom stereocenters. The molecule has 1 saturated heterocycles. The smallest absolute Gasteiger partial charge is 0.270 e. The maximum atomic E-state index is 12.2. The molecule has 7 heteroatoms. The fourth-order valence-corrected chi connectivity index (χ4v) is 2.47. The van der Waals surface area contributed by atoms with Gasteiger partial charge in [-0.1, -0.05) is 0 Å². The highest BCUT2D eigenvalue weighted by Crippen LogP contribution is 2.13. The van der Waals surface area contributed by atoms with Crippen molar-refractivity contribution >= 4 is 11.7 Å². The summed E-state index contributed by atoms with van der Waals surface area (Å²) in [6.45, 7) is 3.59. The summed E-state index contributed by atoms with van der Waals surface area (Å²) in [5.41, 5.74) is 0.332. The minimum atomic E-state index is -0.257. The van der Waals surface area contributed by atoms with Gasteiger partial charge in [-0.15, -0.1) is 0 Å². The number of rotatable bonds is 6. The topological polar surface area (TPSA) is 89.3 Å². The van der Waals surface area contributed by atoms with E-state index in [2.05, 4.69) is 20.6 Å². The minimum Gasteiger partial charge on any atom is -0.467 e. The number of ether oxygens (including phenoxy) is 1. The summed E-state index contributed by atoms with van der Waals surface area (Å²) < 4.78 is 10.8. The fourth-order valence-electron chi connectivity index (χ4n) is 2.47. The number of anilines is 1. The normalized spacial score (nSPS) is 17.2.